The molecule has 2 heterocycles. The van der Waals surface area contributed by atoms with Crippen LogP contribution >= 0.6 is 0 Å². The SMILES string of the molecule is Cc1cc(C)c(C#N)c(Nc2ncc(CCN(C)C)n2COCC[Si](C)(C)C)n1. The first kappa shape index (κ1) is 23.1. The van der Waals surface area contributed by atoms with Crippen LogP contribution in [0.5, 0.6) is 0 Å². The second-order valence-corrected chi connectivity index (χ2v) is 14.6. The number of hydrogen-bond acceptors (Lipinski definition) is 6. The van der Waals surface area contributed by atoms with Crippen LogP contribution < -0.4 is 5.32 Å². The van der Waals surface area contributed by atoms with Gasteiger partial charge in [-0.25, -0.2) is 9.97 Å². The van der Waals surface area contributed by atoms with E-state index >= 15 is 0 Å². The number of pyridine rings is 1. The number of nitrogens with zero attached hydrogens (tertiary/aromatic N) is 5. The fourth-order valence-electron chi connectivity index (χ4n) is 2.90. The number of imidazole rings is 1. The van der Waals surface area contributed by atoms with E-state index in [-0.39, 0.29) is 0 Å². The number of ether oxygens (including phenoxy) is 1. The highest BCUT2D eigenvalue weighted by Crippen LogP contribution is 2.23. The zero-order valence-corrected chi connectivity index (χ0v) is 19.8. The molecule has 0 aliphatic rings. The number of nitriles is 1. The number of anilines is 2. The monoisotopic (exact) mass is 414 g/mol. The van der Waals surface area contributed by atoms with Crippen LogP contribution in [0.1, 0.15) is 22.5 Å². The lowest BCUT2D eigenvalue weighted by molar-refractivity contribution is 0.0866. The van der Waals surface area contributed by atoms with Crippen molar-refractivity contribution in [2.45, 2.75) is 52.7 Å². The number of rotatable bonds is 10. The van der Waals surface area contributed by atoms with E-state index in [1.165, 1.54) is 0 Å². The molecular formula is C21H34N6OSi. The van der Waals surface area contributed by atoms with E-state index in [2.05, 4.69) is 60.0 Å². The van der Waals surface area contributed by atoms with Gasteiger partial charge < -0.3 is 15.0 Å². The largest absolute Gasteiger partial charge is 0.361 e. The van der Waals surface area contributed by atoms with Crippen molar-refractivity contribution in [2.24, 2.45) is 0 Å². The molecule has 0 aliphatic heterocycles. The van der Waals surface area contributed by atoms with E-state index < -0.39 is 8.07 Å². The lowest BCUT2D eigenvalue weighted by Crippen LogP contribution is -2.22. The van der Waals surface area contributed by atoms with Crippen molar-refractivity contribution in [1.29, 1.82) is 5.26 Å². The summed E-state index contributed by atoms with van der Waals surface area (Å²) in [6.07, 6.45) is 2.74. The molecule has 2 aromatic rings. The zero-order valence-electron chi connectivity index (χ0n) is 18.8. The maximum atomic E-state index is 9.55. The number of aromatic nitrogens is 3. The lowest BCUT2D eigenvalue weighted by atomic mass is 10.1. The Hall–Kier alpha value is -2.21. The van der Waals surface area contributed by atoms with Gasteiger partial charge in [-0.2, -0.15) is 5.26 Å². The summed E-state index contributed by atoms with van der Waals surface area (Å²) in [4.78, 5) is 11.2. The quantitative estimate of drug-likeness (QED) is 0.469. The molecule has 0 aliphatic carbocycles. The van der Waals surface area contributed by atoms with E-state index in [0.29, 0.717) is 24.1 Å². The molecule has 2 rings (SSSR count). The van der Waals surface area contributed by atoms with Gasteiger partial charge in [0.2, 0.25) is 5.95 Å². The van der Waals surface area contributed by atoms with E-state index in [4.69, 9.17) is 4.74 Å². The number of likely N-dealkylation sites (N-methyl/N-ethyl adjacent to an activating group) is 1. The minimum Gasteiger partial charge on any atom is -0.361 e. The maximum absolute atomic E-state index is 9.55. The fourth-order valence-corrected chi connectivity index (χ4v) is 3.66. The van der Waals surface area contributed by atoms with Crippen LogP contribution in [0.15, 0.2) is 12.3 Å². The van der Waals surface area contributed by atoms with Crippen LogP contribution in [-0.4, -0.2) is 54.8 Å². The molecule has 1 N–H and O–H groups in total. The molecule has 0 spiro atoms. The van der Waals surface area contributed by atoms with Crippen molar-refractivity contribution in [2.75, 3.05) is 32.6 Å². The summed E-state index contributed by atoms with van der Waals surface area (Å²) in [6.45, 7) is 13.0. The Morgan fingerprint density at radius 3 is 2.62 bits per heavy atom. The molecule has 29 heavy (non-hydrogen) atoms. The topological polar surface area (TPSA) is 79.0 Å². The third-order valence-corrected chi connectivity index (χ3v) is 6.36. The van der Waals surface area contributed by atoms with Gasteiger partial charge in [-0.05, 0) is 45.6 Å². The van der Waals surface area contributed by atoms with Gasteiger partial charge in [-0.1, -0.05) is 19.6 Å². The molecule has 158 valence electrons. The van der Waals surface area contributed by atoms with Crippen LogP contribution in [0.3, 0.4) is 0 Å². The van der Waals surface area contributed by atoms with Crippen molar-refractivity contribution in [3.63, 3.8) is 0 Å². The summed E-state index contributed by atoms with van der Waals surface area (Å²) in [5.41, 5.74) is 3.40. The molecule has 8 heteroatoms. The molecule has 0 amide bonds. The summed E-state index contributed by atoms with van der Waals surface area (Å²) in [7, 11) is 2.98. The summed E-state index contributed by atoms with van der Waals surface area (Å²) in [5.74, 6) is 1.19. The Bertz CT molecular complexity index is 863. The first-order valence-electron chi connectivity index (χ1n) is 10.0. The van der Waals surface area contributed by atoms with Crippen LogP contribution in [0.25, 0.3) is 0 Å². The average molecular weight is 415 g/mol. The Morgan fingerprint density at radius 1 is 1.28 bits per heavy atom. The van der Waals surface area contributed by atoms with Gasteiger partial charge in [0.05, 0.1) is 11.8 Å². The molecule has 0 bridgehead atoms. The van der Waals surface area contributed by atoms with Crippen molar-refractivity contribution in [3.8, 4) is 6.07 Å². The predicted octanol–water partition coefficient (Wildman–Crippen LogP) is 3.93. The molecule has 0 aromatic carbocycles. The zero-order chi connectivity index (χ0) is 21.6. The summed E-state index contributed by atoms with van der Waals surface area (Å²) < 4.78 is 8.05. The molecule has 2 aromatic heterocycles. The van der Waals surface area contributed by atoms with E-state index in [9.17, 15) is 5.26 Å². The van der Waals surface area contributed by atoms with Crippen molar-refractivity contribution in [1.82, 2.24) is 19.4 Å². The number of hydrogen-bond donors (Lipinski definition) is 1. The third-order valence-electron chi connectivity index (χ3n) is 4.66. The molecular weight excluding hydrogens is 380 g/mol. The summed E-state index contributed by atoms with van der Waals surface area (Å²) in [6, 6.07) is 5.29. The molecule has 0 saturated heterocycles. The Labute approximate surface area is 175 Å². The summed E-state index contributed by atoms with van der Waals surface area (Å²) >= 11 is 0. The normalized spacial score (nSPS) is 11.7. The highest BCUT2D eigenvalue weighted by Gasteiger charge is 2.16. The van der Waals surface area contributed by atoms with Crippen LogP contribution in [0, 0.1) is 25.2 Å². The van der Waals surface area contributed by atoms with Crippen molar-refractivity contribution in [3.05, 3.63) is 34.8 Å². The molecule has 0 atom stereocenters. The number of nitrogens with one attached hydrogen (secondary N) is 1. The highest BCUT2D eigenvalue weighted by atomic mass is 28.3. The Kier molecular flexibility index (Phi) is 7.96. The minimum atomic E-state index is -1.14. The Balaban J connectivity index is 2.26. The van der Waals surface area contributed by atoms with Crippen LogP contribution in [0.2, 0.25) is 25.7 Å². The molecule has 0 saturated carbocycles. The van der Waals surface area contributed by atoms with E-state index in [0.717, 1.165) is 42.6 Å². The maximum Gasteiger partial charge on any atom is 0.210 e. The van der Waals surface area contributed by atoms with Gasteiger partial charge in [-0.15, -0.1) is 0 Å². The Morgan fingerprint density at radius 2 is 2.00 bits per heavy atom. The summed E-state index contributed by atoms with van der Waals surface area (Å²) in [5, 5.41) is 12.8. The van der Waals surface area contributed by atoms with Crippen LogP contribution in [-0.2, 0) is 17.9 Å². The minimum absolute atomic E-state index is 0.433. The van der Waals surface area contributed by atoms with E-state index in [1.807, 2.05) is 30.7 Å². The lowest BCUT2D eigenvalue weighted by Gasteiger charge is -2.18. The fraction of sp³-hybridized carbons (Fsp3) is 0.571. The van der Waals surface area contributed by atoms with Gasteiger partial charge in [0, 0.05) is 39.0 Å². The van der Waals surface area contributed by atoms with Crippen LogP contribution in [0.4, 0.5) is 11.8 Å². The van der Waals surface area contributed by atoms with Gasteiger partial charge >= 0.3 is 0 Å². The molecule has 7 nitrogen and oxygen atoms in total. The first-order chi connectivity index (χ1) is 13.6. The first-order valence-corrected chi connectivity index (χ1v) is 13.7. The number of aryl methyl sites for hydroxylation is 2. The second-order valence-electron chi connectivity index (χ2n) is 8.94. The molecule has 0 radical (unpaired) electrons. The highest BCUT2D eigenvalue weighted by molar-refractivity contribution is 6.76. The van der Waals surface area contributed by atoms with Crippen molar-refractivity contribution < 1.29 is 4.74 Å². The van der Waals surface area contributed by atoms with Crippen molar-refractivity contribution >= 4 is 19.8 Å². The van der Waals surface area contributed by atoms with E-state index in [1.54, 1.807) is 0 Å². The molecule has 0 fully saturated rings. The third kappa shape index (κ3) is 6.96. The van der Waals surface area contributed by atoms with Gasteiger partial charge in [-0.3, -0.25) is 4.57 Å². The predicted molar refractivity (Wildman–Crippen MR) is 120 cm³/mol. The molecule has 0 unspecified atom stereocenters. The average Bonchev–Trinajstić information content (AvgIpc) is 2.97. The standard InChI is InChI=1S/C21H34N6OSi/c1-16-12-17(2)24-20(19(16)13-22)25-21-23-14-18(8-9-26(3)4)27(21)15-28-10-11-29(5,6)7/h12,14H,8-11,15H2,1-7H3,(H,23,24,25). The van der Waals surface area contributed by atoms with Gasteiger partial charge in [0.15, 0.2) is 5.82 Å². The second kappa shape index (κ2) is 10.0. The smallest absolute Gasteiger partial charge is 0.210 e. The van der Waals surface area contributed by atoms with Gasteiger partial charge in [0.25, 0.3) is 0 Å². The van der Waals surface area contributed by atoms with Gasteiger partial charge in [0.1, 0.15) is 12.8 Å².